The smallest absolute Gasteiger partial charge is 0.321 e. The molecule has 1 aliphatic rings. The Balaban J connectivity index is 2.09. The predicted octanol–water partition coefficient (Wildman–Crippen LogP) is 2.61. The summed E-state index contributed by atoms with van der Waals surface area (Å²) in [7, 11) is 0. The largest absolute Gasteiger partial charge is 0.395 e. The molecule has 1 saturated heterocycles. The van der Waals surface area contributed by atoms with Crippen molar-refractivity contribution in [2.45, 2.75) is 32.6 Å². The van der Waals surface area contributed by atoms with E-state index in [4.69, 9.17) is 5.11 Å². The van der Waals surface area contributed by atoms with E-state index in [0.717, 1.165) is 49.2 Å². The molecule has 0 atom stereocenters. The lowest BCUT2D eigenvalue weighted by Crippen LogP contribution is -2.32. The summed E-state index contributed by atoms with van der Waals surface area (Å²) < 4.78 is 0. The van der Waals surface area contributed by atoms with Crippen LogP contribution in [0.25, 0.3) is 0 Å². The molecule has 4 heteroatoms. The maximum atomic E-state index is 12.1. The van der Waals surface area contributed by atoms with Crippen LogP contribution in [-0.4, -0.2) is 35.7 Å². The number of aliphatic hydroxyl groups excluding tert-OH is 1. The fourth-order valence-electron chi connectivity index (χ4n) is 2.42. The monoisotopic (exact) mass is 286 g/mol. The number of anilines is 1. The molecule has 0 aliphatic carbocycles. The van der Waals surface area contributed by atoms with Gasteiger partial charge in [0.2, 0.25) is 0 Å². The lowest BCUT2D eigenvalue weighted by Gasteiger charge is -2.18. The lowest BCUT2D eigenvalue weighted by atomic mass is 10.1. The summed E-state index contributed by atoms with van der Waals surface area (Å²) in [5.41, 5.74) is 2.86. The van der Waals surface area contributed by atoms with Crippen LogP contribution in [0.15, 0.2) is 18.2 Å². The first-order valence-electron chi connectivity index (χ1n) is 7.53. The number of aliphatic hydroxyl groups is 1. The Kier molecular flexibility index (Phi) is 5.65. The van der Waals surface area contributed by atoms with Crippen LogP contribution in [0.3, 0.4) is 0 Å². The predicted molar refractivity (Wildman–Crippen MR) is 84.2 cm³/mol. The highest BCUT2D eigenvalue weighted by molar-refractivity contribution is 5.90. The minimum Gasteiger partial charge on any atom is -0.395 e. The number of urea groups is 1. The van der Waals surface area contributed by atoms with Crippen molar-refractivity contribution < 1.29 is 9.90 Å². The molecule has 1 aliphatic heterocycles. The minimum absolute atomic E-state index is 0.0127. The van der Waals surface area contributed by atoms with Crippen molar-refractivity contribution >= 4 is 11.7 Å². The molecule has 21 heavy (non-hydrogen) atoms. The zero-order chi connectivity index (χ0) is 15.1. The van der Waals surface area contributed by atoms with Crippen LogP contribution in [0.5, 0.6) is 0 Å². The number of nitrogens with one attached hydrogen (secondary N) is 1. The van der Waals surface area contributed by atoms with E-state index in [0.29, 0.717) is 6.42 Å². The van der Waals surface area contributed by atoms with Crippen molar-refractivity contribution in [3.05, 3.63) is 29.3 Å². The lowest BCUT2D eigenvalue weighted by molar-refractivity contribution is 0.222. The molecule has 2 N–H and O–H groups in total. The van der Waals surface area contributed by atoms with Gasteiger partial charge in [0.1, 0.15) is 0 Å². The van der Waals surface area contributed by atoms with E-state index in [2.05, 4.69) is 24.1 Å². The van der Waals surface area contributed by atoms with E-state index < -0.39 is 0 Å². The fourth-order valence-corrected chi connectivity index (χ4v) is 2.42. The molecule has 2 rings (SSSR count). The number of amides is 2. The van der Waals surface area contributed by atoms with Gasteiger partial charge in [-0.3, -0.25) is 0 Å². The van der Waals surface area contributed by atoms with Crippen molar-refractivity contribution in [3.63, 3.8) is 0 Å². The highest BCUT2D eigenvalue weighted by Crippen LogP contribution is 2.19. The number of rotatable bonds is 3. The van der Waals surface area contributed by atoms with Gasteiger partial charge in [-0.1, -0.05) is 18.8 Å². The molecule has 0 spiro atoms. The summed E-state index contributed by atoms with van der Waals surface area (Å²) in [6.07, 6.45) is 3.50. The quantitative estimate of drug-likeness (QED) is 0.839. The number of likely N-dealkylation sites (tertiary alicyclic amines) is 1. The number of hydrogen-bond donors (Lipinski definition) is 2. The summed E-state index contributed by atoms with van der Waals surface area (Å²) >= 11 is 0. The first-order chi connectivity index (χ1) is 10.2. The van der Waals surface area contributed by atoms with Gasteiger partial charge in [0, 0.05) is 30.8 Å². The van der Waals surface area contributed by atoms with E-state index in [-0.39, 0.29) is 12.6 Å². The Bertz CT molecular complexity index is 552. The maximum absolute atomic E-state index is 12.1. The van der Waals surface area contributed by atoms with Gasteiger partial charge in [-0.15, -0.1) is 0 Å². The van der Waals surface area contributed by atoms with Crippen LogP contribution >= 0.6 is 0 Å². The second kappa shape index (κ2) is 7.70. The molecular formula is C17H22N2O2. The third-order valence-electron chi connectivity index (χ3n) is 3.59. The van der Waals surface area contributed by atoms with Crippen LogP contribution in [0.1, 0.15) is 37.3 Å². The zero-order valence-corrected chi connectivity index (χ0v) is 12.5. The van der Waals surface area contributed by atoms with Gasteiger partial charge >= 0.3 is 6.03 Å². The molecule has 0 saturated carbocycles. The van der Waals surface area contributed by atoms with Crippen molar-refractivity contribution in [1.29, 1.82) is 0 Å². The first-order valence-corrected chi connectivity index (χ1v) is 7.53. The van der Waals surface area contributed by atoms with Crippen LogP contribution in [0.2, 0.25) is 0 Å². The molecule has 0 unspecified atom stereocenters. The fraction of sp³-hybridized carbons (Fsp3) is 0.471. The van der Waals surface area contributed by atoms with Crippen LogP contribution in [0.4, 0.5) is 10.5 Å². The Morgan fingerprint density at radius 1 is 1.38 bits per heavy atom. The maximum Gasteiger partial charge on any atom is 0.321 e. The summed E-state index contributed by atoms with van der Waals surface area (Å²) in [5, 5.41) is 11.7. The molecule has 1 aromatic rings. The van der Waals surface area contributed by atoms with Gasteiger partial charge in [-0.05, 0) is 43.0 Å². The SMILES string of the molecule is CCc1cc(C#CCCO)ccc1NC(=O)N1CCCC1. The Labute approximate surface area is 126 Å². The number of benzene rings is 1. The normalized spacial score (nSPS) is 13.7. The number of nitrogens with zero attached hydrogens (tertiary/aromatic N) is 1. The zero-order valence-electron chi connectivity index (χ0n) is 12.5. The van der Waals surface area contributed by atoms with Crippen LogP contribution < -0.4 is 5.32 Å². The van der Waals surface area contributed by atoms with Crippen molar-refractivity contribution in [1.82, 2.24) is 4.90 Å². The number of carbonyl (C=O) groups is 1. The highest BCUT2D eigenvalue weighted by atomic mass is 16.2. The van der Waals surface area contributed by atoms with E-state index in [1.807, 2.05) is 23.1 Å². The second-order valence-electron chi connectivity index (χ2n) is 5.13. The Hall–Kier alpha value is -1.99. The van der Waals surface area contributed by atoms with Crippen molar-refractivity contribution in [2.24, 2.45) is 0 Å². The molecule has 1 heterocycles. The summed E-state index contributed by atoms with van der Waals surface area (Å²) in [4.78, 5) is 14.0. The average molecular weight is 286 g/mol. The van der Waals surface area contributed by atoms with Gasteiger partial charge in [-0.25, -0.2) is 4.79 Å². The van der Waals surface area contributed by atoms with E-state index in [1.54, 1.807) is 0 Å². The third kappa shape index (κ3) is 4.24. The number of hydrogen-bond acceptors (Lipinski definition) is 2. The molecule has 0 bridgehead atoms. The van der Waals surface area contributed by atoms with Gasteiger partial charge in [0.15, 0.2) is 0 Å². The number of aryl methyl sites for hydroxylation is 1. The third-order valence-corrected chi connectivity index (χ3v) is 3.59. The molecule has 112 valence electrons. The van der Waals surface area contributed by atoms with Crippen molar-refractivity contribution in [2.75, 3.05) is 25.0 Å². The summed E-state index contributed by atoms with van der Waals surface area (Å²) in [6, 6.07) is 5.81. The number of carbonyl (C=O) groups excluding carboxylic acids is 1. The van der Waals surface area contributed by atoms with Crippen LogP contribution in [0, 0.1) is 11.8 Å². The highest BCUT2D eigenvalue weighted by Gasteiger charge is 2.18. The van der Waals surface area contributed by atoms with Gasteiger partial charge in [0.05, 0.1) is 6.61 Å². The summed E-state index contributed by atoms with van der Waals surface area (Å²) in [6.45, 7) is 3.83. The average Bonchev–Trinajstić information content (AvgIpc) is 3.03. The van der Waals surface area contributed by atoms with E-state index in [9.17, 15) is 4.79 Å². The van der Waals surface area contributed by atoms with Gasteiger partial charge < -0.3 is 15.3 Å². The molecule has 1 aromatic carbocycles. The van der Waals surface area contributed by atoms with Gasteiger partial charge in [-0.2, -0.15) is 0 Å². The molecule has 2 amide bonds. The van der Waals surface area contributed by atoms with Crippen molar-refractivity contribution in [3.8, 4) is 11.8 Å². The van der Waals surface area contributed by atoms with E-state index in [1.165, 1.54) is 0 Å². The standard InChI is InChI=1S/C17H22N2O2/c1-2-15-13-14(7-3-6-12-20)8-9-16(15)18-17(21)19-10-4-5-11-19/h8-9,13,20H,2,4-6,10-12H2,1H3,(H,18,21). The first kappa shape index (κ1) is 15.4. The molecule has 1 fully saturated rings. The summed E-state index contributed by atoms with van der Waals surface area (Å²) in [5.74, 6) is 5.93. The molecule has 4 nitrogen and oxygen atoms in total. The molecule has 0 aromatic heterocycles. The second-order valence-corrected chi connectivity index (χ2v) is 5.13. The van der Waals surface area contributed by atoms with Gasteiger partial charge in [0.25, 0.3) is 0 Å². The van der Waals surface area contributed by atoms with Crippen LogP contribution in [-0.2, 0) is 6.42 Å². The topological polar surface area (TPSA) is 52.6 Å². The van der Waals surface area contributed by atoms with E-state index >= 15 is 0 Å². The Morgan fingerprint density at radius 2 is 2.14 bits per heavy atom. The molecule has 0 radical (unpaired) electrons. The molecular weight excluding hydrogens is 264 g/mol. The Morgan fingerprint density at radius 3 is 2.81 bits per heavy atom. The minimum atomic E-state index is -0.0127.